The molecule has 104 valence electrons. The number of carbonyl (C=O) groups excluding carboxylic acids is 1. The lowest BCUT2D eigenvalue weighted by Crippen LogP contribution is -2.19. The SMILES string of the molecule is Cc1cccc(/C=C2\SC(=Nc3ccccc3)NC2=O)c1. The van der Waals surface area contributed by atoms with Crippen LogP contribution in [0.5, 0.6) is 0 Å². The summed E-state index contributed by atoms with van der Waals surface area (Å²) in [5.74, 6) is -0.101. The van der Waals surface area contributed by atoms with E-state index in [1.54, 1.807) is 0 Å². The summed E-state index contributed by atoms with van der Waals surface area (Å²) in [6.07, 6.45) is 1.89. The van der Waals surface area contributed by atoms with E-state index < -0.39 is 0 Å². The molecule has 1 heterocycles. The molecule has 3 nitrogen and oxygen atoms in total. The van der Waals surface area contributed by atoms with Crippen LogP contribution >= 0.6 is 11.8 Å². The second kappa shape index (κ2) is 5.97. The molecule has 0 atom stereocenters. The third kappa shape index (κ3) is 3.41. The van der Waals surface area contributed by atoms with Crippen LogP contribution in [0.15, 0.2) is 64.5 Å². The van der Waals surface area contributed by atoms with Crippen LogP contribution in [-0.4, -0.2) is 11.1 Å². The van der Waals surface area contributed by atoms with Gasteiger partial charge >= 0.3 is 0 Å². The van der Waals surface area contributed by atoms with Crippen LogP contribution in [0.4, 0.5) is 5.69 Å². The molecule has 2 aromatic carbocycles. The highest BCUT2D eigenvalue weighted by atomic mass is 32.2. The number of aryl methyl sites for hydroxylation is 1. The summed E-state index contributed by atoms with van der Waals surface area (Å²) in [4.78, 5) is 17.1. The van der Waals surface area contributed by atoms with Crippen molar-refractivity contribution >= 4 is 34.6 Å². The van der Waals surface area contributed by atoms with E-state index in [1.807, 2.05) is 67.6 Å². The van der Waals surface area contributed by atoms with Crippen molar-refractivity contribution in [3.63, 3.8) is 0 Å². The van der Waals surface area contributed by atoms with Gasteiger partial charge in [0, 0.05) is 0 Å². The standard InChI is InChI=1S/C17H14N2OS/c1-12-6-5-7-13(10-12)11-15-16(20)19-17(21-15)18-14-8-3-2-4-9-14/h2-11H,1H3,(H,18,19,20)/b15-11-. The van der Waals surface area contributed by atoms with E-state index in [0.29, 0.717) is 10.1 Å². The third-order valence-electron chi connectivity index (χ3n) is 2.98. The number of hydrogen-bond acceptors (Lipinski definition) is 3. The molecule has 1 fully saturated rings. The Hall–Kier alpha value is -2.33. The summed E-state index contributed by atoms with van der Waals surface area (Å²) in [6.45, 7) is 2.03. The first-order valence-electron chi connectivity index (χ1n) is 6.62. The van der Waals surface area contributed by atoms with Gasteiger partial charge in [-0.1, -0.05) is 48.0 Å². The molecule has 0 bridgehead atoms. The van der Waals surface area contributed by atoms with Gasteiger partial charge in [0.2, 0.25) is 0 Å². The summed E-state index contributed by atoms with van der Waals surface area (Å²) >= 11 is 1.36. The maximum absolute atomic E-state index is 12.0. The Morgan fingerprint density at radius 2 is 1.90 bits per heavy atom. The Labute approximate surface area is 127 Å². The van der Waals surface area contributed by atoms with E-state index in [9.17, 15) is 4.79 Å². The van der Waals surface area contributed by atoms with Crippen molar-refractivity contribution in [3.05, 3.63) is 70.6 Å². The molecule has 0 spiro atoms. The second-order valence-electron chi connectivity index (χ2n) is 4.73. The van der Waals surface area contributed by atoms with E-state index in [0.717, 1.165) is 11.3 Å². The van der Waals surface area contributed by atoms with Gasteiger partial charge in [0.15, 0.2) is 5.17 Å². The Morgan fingerprint density at radius 3 is 2.67 bits per heavy atom. The van der Waals surface area contributed by atoms with Gasteiger partial charge in [-0.3, -0.25) is 4.79 Å². The van der Waals surface area contributed by atoms with Crippen molar-refractivity contribution in [2.45, 2.75) is 6.92 Å². The quantitative estimate of drug-likeness (QED) is 0.854. The summed E-state index contributed by atoms with van der Waals surface area (Å²) in [5.41, 5.74) is 3.02. The molecule has 1 aliphatic rings. The number of hydrogen-bond donors (Lipinski definition) is 1. The molecule has 2 aromatic rings. The topological polar surface area (TPSA) is 41.5 Å². The van der Waals surface area contributed by atoms with Crippen molar-refractivity contribution in [1.29, 1.82) is 0 Å². The van der Waals surface area contributed by atoms with Gasteiger partial charge in [-0.05, 0) is 42.5 Å². The molecule has 4 heteroatoms. The minimum atomic E-state index is -0.101. The zero-order chi connectivity index (χ0) is 14.7. The smallest absolute Gasteiger partial charge is 0.264 e. The molecule has 0 radical (unpaired) electrons. The van der Waals surface area contributed by atoms with Crippen LogP contribution in [0.3, 0.4) is 0 Å². The van der Waals surface area contributed by atoms with Gasteiger partial charge in [0.05, 0.1) is 10.6 Å². The highest BCUT2D eigenvalue weighted by Gasteiger charge is 2.23. The zero-order valence-electron chi connectivity index (χ0n) is 11.5. The van der Waals surface area contributed by atoms with Crippen LogP contribution in [0.25, 0.3) is 6.08 Å². The number of para-hydroxylation sites is 1. The van der Waals surface area contributed by atoms with Crippen molar-refractivity contribution in [2.75, 3.05) is 0 Å². The predicted molar refractivity (Wildman–Crippen MR) is 88.4 cm³/mol. The Morgan fingerprint density at radius 1 is 1.10 bits per heavy atom. The van der Waals surface area contributed by atoms with Crippen molar-refractivity contribution in [2.24, 2.45) is 4.99 Å². The number of benzene rings is 2. The molecule has 0 aliphatic carbocycles. The zero-order valence-corrected chi connectivity index (χ0v) is 12.4. The average molecular weight is 294 g/mol. The van der Waals surface area contributed by atoms with Crippen LogP contribution in [0.1, 0.15) is 11.1 Å². The van der Waals surface area contributed by atoms with Gasteiger partial charge in [-0.25, -0.2) is 4.99 Å². The van der Waals surface area contributed by atoms with E-state index in [1.165, 1.54) is 17.3 Å². The minimum Gasteiger partial charge on any atom is -0.300 e. The first-order valence-corrected chi connectivity index (χ1v) is 7.44. The molecule has 0 unspecified atom stereocenters. The number of carbonyl (C=O) groups is 1. The van der Waals surface area contributed by atoms with Crippen molar-refractivity contribution < 1.29 is 4.79 Å². The maximum atomic E-state index is 12.0. The van der Waals surface area contributed by atoms with Crippen molar-refractivity contribution in [1.82, 2.24) is 5.32 Å². The average Bonchev–Trinajstić information content (AvgIpc) is 2.80. The first kappa shape index (κ1) is 13.6. The highest BCUT2D eigenvalue weighted by molar-refractivity contribution is 8.18. The van der Waals surface area contributed by atoms with Gasteiger partial charge in [0.25, 0.3) is 5.91 Å². The van der Waals surface area contributed by atoms with E-state index in [2.05, 4.69) is 10.3 Å². The predicted octanol–water partition coefficient (Wildman–Crippen LogP) is 3.89. The fourth-order valence-electron chi connectivity index (χ4n) is 2.01. The summed E-state index contributed by atoms with van der Waals surface area (Å²) < 4.78 is 0. The van der Waals surface area contributed by atoms with Gasteiger partial charge in [-0.15, -0.1) is 0 Å². The molecular weight excluding hydrogens is 280 g/mol. The van der Waals surface area contributed by atoms with E-state index >= 15 is 0 Å². The first-order chi connectivity index (χ1) is 10.2. The molecule has 1 aliphatic heterocycles. The Kier molecular flexibility index (Phi) is 3.88. The monoisotopic (exact) mass is 294 g/mol. The number of amides is 1. The highest BCUT2D eigenvalue weighted by Crippen LogP contribution is 2.27. The number of rotatable bonds is 2. The second-order valence-corrected chi connectivity index (χ2v) is 5.76. The van der Waals surface area contributed by atoms with Gasteiger partial charge < -0.3 is 5.32 Å². The molecule has 0 saturated carbocycles. The molecule has 1 amide bonds. The van der Waals surface area contributed by atoms with Crippen LogP contribution in [-0.2, 0) is 4.79 Å². The van der Waals surface area contributed by atoms with Gasteiger partial charge in [-0.2, -0.15) is 0 Å². The maximum Gasteiger partial charge on any atom is 0.264 e. The van der Waals surface area contributed by atoms with Crippen LogP contribution in [0.2, 0.25) is 0 Å². The molecule has 0 aromatic heterocycles. The van der Waals surface area contributed by atoms with E-state index in [-0.39, 0.29) is 5.91 Å². The van der Waals surface area contributed by atoms with E-state index in [4.69, 9.17) is 0 Å². The number of nitrogens with one attached hydrogen (secondary N) is 1. The molecule has 3 rings (SSSR count). The van der Waals surface area contributed by atoms with Crippen LogP contribution in [0, 0.1) is 6.92 Å². The summed E-state index contributed by atoms with van der Waals surface area (Å²) in [6, 6.07) is 17.6. The fourth-order valence-corrected chi connectivity index (χ4v) is 2.85. The number of thioether (sulfide) groups is 1. The third-order valence-corrected chi connectivity index (χ3v) is 3.89. The minimum absolute atomic E-state index is 0.101. The lowest BCUT2D eigenvalue weighted by Gasteiger charge is -1.96. The number of aliphatic imine (C=N–C) groups is 1. The molecule has 1 N–H and O–H groups in total. The largest absolute Gasteiger partial charge is 0.300 e. The lowest BCUT2D eigenvalue weighted by atomic mass is 10.1. The number of amidine groups is 1. The van der Waals surface area contributed by atoms with Gasteiger partial charge in [0.1, 0.15) is 0 Å². The Balaban J connectivity index is 1.84. The molecule has 1 saturated heterocycles. The Bertz CT molecular complexity index is 735. The molecular formula is C17H14N2OS. The van der Waals surface area contributed by atoms with Crippen LogP contribution < -0.4 is 5.32 Å². The van der Waals surface area contributed by atoms with Crippen molar-refractivity contribution in [3.8, 4) is 0 Å². The normalized spacial score (nSPS) is 18.2. The molecule has 21 heavy (non-hydrogen) atoms. The summed E-state index contributed by atoms with van der Waals surface area (Å²) in [7, 11) is 0. The summed E-state index contributed by atoms with van der Waals surface area (Å²) in [5, 5.41) is 3.41. The fraction of sp³-hybridized carbons (Fsp3) is 0.0588. The number of nitrogens with zero attached hydrogens (tertiary/aromatic N) is 1. The lowest BCUT2D eigenvalue weighted by molar-refractivity contribution is -0.115.